The van der Waals surface area contributed by atoms with Crippen LogP contribution in [0.1, 0.15) is 52.1 Å². The summed E-state index contributed by atoms with van der Waals surface area (Å²) in [5.41, 5.74) is 2.03. The molecule has 1 saturated carbocycles. The highest BCUT2D eigenvalue weighted by atomic mass is 16.5. The van der Waals surface area contributed by atoms with Gasteiger partial charge in [-0.15, -0.1) is 0 Å². The third-order valence-electron chi connectivity index (χ3n) is 5.71. The molecule has 1 saturated heterocycles. The minimum absolute atomic E-state index is 0.0810. The van der Waals surface area contributed by atoms with Crippen LogP contribution >= 0.6 is 0 Å². The summed E-state index contributed by atoms with van der Waals surface area (Å²) in [6.45, 7) is 2.50. The molecule has 2 fully saturated rings. The van der Waals surface area contributed by atoms with Gasteiger partial charge in [0.2, 0.25) is 0 Å². The number of hydrogen-bond donors (Lipinski definition) is 2. The van der Waals surface area contributed by atoms with Crippen LogP contribution in [0, 0.1) is 12.8 Å². The summed E-state index contributed by atoms with van der Waals surface area (Å²) in [6, 6.07) is 7.23. The maximum Gasteiger partial charge on any atom is 0.339 e. The number of aromatic carboxylic acids is 1. The van der Waals surface area contributed by atoms with Crippen LogP contribution in [0.2, 0.25) is 0 Å². The molecule has 1 aliphatic carbocycles. The lowest BCUT2D eigenvalue weighted by molar-refractivity contribution is 0.0510. The van der Waals surface area contributed by atoms with E-state index in [-0.39, 0.29) is 23.6 Å². The highest BCUT2D eigenvalue weighted by molar-refractivity contribution is 5.94. The van der Waals surface area contributed by atoms with E-state index in [4.69, 9.17) is 9.84 Å². The van der Waals surface area contributed by atoms with Crippen LogP contribution in [-0.2, 0) is 4.74 Å². The molecule has 0 spiro atoms. The first kappa shape index (κ1) is 17.7. The van der Waals surface area contributed by atoms with Crippen molar-refractivity contribution in [3.05, 3.63) is 47.3 Å². The molecule has 7 nitrogen and oxygen atoms in total. The van der Waals surface area contributed by atoms with E-state index in [0.29, 0.717) is 17.2 Å². The number of rotatable bonds is 4. The number of carboxylic acid groups (broad SMARTS) is 1. The summed E-state index contributed by atoms with van der Waals surface area (Å²) in [5, 5.41) is 16.5. The molecule has 0 radical (unpaired) electrons. The number of fused-ring (bicyclic) bond motifs is 1. The fourth-order valence-corrected chi connectivity index (χ4v) is 4.24. The molecular formula is C20H23N3O4. The van der Waals surface area contributed by atoms with Crippen molar-refractivity contribution < 1.29 is 19.4 Å². The second kappa shape index (κ2) is 7.15. The molecule has 2 aromatic rings. The molecule has 3 unspecified atom stereocenters. The SMILES string of the molecule is Cc1c(C(=O)O)cnn1-c1ccc(C(=O)NC2CCCC3OCCC23)cc1. The van der Waals surface area contributed by atoms with E-state index >= 15 is 0 Å². The van der Waals surface area contributed by atoms with Gasteiger partial charge in [-0.25, -0.2) is 9.48 Å². The number of carbonyl (C=O) groups excluding carboxylic acids is 1. The maximum atomic E-state index is 12.7. The molecule has 1 aromatic carbocycles. The Labute approximate surface area is 157 Å². The first-order chi connectivity index (χ1) is 13.0. The molecule has 7 heteroatoms. The molecule has 4 rings (SSSR count). The van der Waals surface area contributed by atoms with E-state index in [2.05, 4.69) is 10.4 Å². The molecule has 1 amide bonds. The fourth-order valence-electron chi connectivity index (χ4n) is 4.24. The van der Waals surface area contributed by atoms with Gasteiger partial charge in [0, 0.05) is 24.1 Å². The van der Waals surface area contributed by atoms with Gasteiger partial charge in [-0.3, -0.25) is 4.79 Å². The molecule has 27 heavy (non-hydrogen) atoms. The van der Waals surface area contributed by atoms with Crippen LogP contribution in [0.4, 0.5) is 0 Å². The van der Waals surface area contributed by atoms with Gasteiger partial charge in [-0.05, 0) is 56.9 Å². The van der Waals surface area contributed by atoms with E-state index in [1.165, 1.54) is 6.20 Å². The van der Waals surface area contributed by atoms with Crippen molar-refractivity contribution in [2.45, 2.75) is 44.8 Å². The Bertz CT molecular complexity index is 859. The molecule has 0 bridgehead atoms. The largest absolute Gasteiger partial charge is 0.478 e. The average Bonchev–Trinajstić information content (AvgIpc) is 3.29. The van der Waals surface area contributed by atoms with Crippen molar-refractivity contribution in [1.29, 1.82) is 0 Å². The Morgan fingerprint density at radius 3 is 2.70 bits per heavy atom. The molecular weight excluding hydrogens is 346 g/mol. The normalized spacial score (nSPS) is 24.4. The Balaban J connectivity index is 1.47. The number of hydrogen-bond acceptors (Lipinski definition) is 4. The zero-order valence-corrected chi connectivity index (χ0v) is 15.2. The monoisotopic (exact) mass is 369 g/mol. The maximum absolute atomic E-state index is 12.7. The smallest absolute Gasteiger partial charge is 0.339 e. The third-order valence-corrected chi connectivity index (χ3v) is 5.71. The van der Waals surface area contributed by atoms with Gasteiger partial charge < -0.3 is 15.2 Å². The Morgan fingerprint density at radius 2 is 2.00 bits per heavy atom. The lowest BCUT2D eigenvalue weighted by atomic mass is 9.81. The average molecular weight is 369 g/mol. The van der Waals surface area contributed by atoms with Gasteiger partial charge in [-0.2, -0.15) is 5.10 Å². The third kappa shape index (κ3) is 3.35. The molecule has 2 aliphatic rings. The minimum atomic E-state index is -1.00. The molecule has 3 atom stereocenters. The van der Waals surface area contributed by atoms with Gasteiger partial charge in [-0.1, -0.05) is 0 Å². The zero-order chi connectivity index (χ0) is 19.0. The van der Waals surface area contributed by atoms with E-state index < -0.39 is 5.97 Å². The van der Waals surface area contributed by atoms with Crippen LogP contribution < -0.4 is 5.32 Å². The number of nitrogens with zero attached hydrogens (tertiary/aromatic N) is 2. The number of nitrogens with one attached hydrogen (secondary N) is 1. The van der Waals surface area contributed by atoms with Gasteiger partial charge in [0.1, 0.15) is 5.56 Å². The lowest BCUT2D eigenvalue weighted by Gasteiger charge is -2.33. The van der Waals surface area contributed by atoms with E-state index in [1.54, 1.807) is 35.9 Å². The van der Waals surface area contributed by atoms with Crippen molar-refractivity contribution in [3.8, 4) is 5.69 Å². The predicted octanol–water partition coefficient (Wildman–Crippen LogP) is 2.57. The number of benzene rings is 1. The number of amides is 1. The lowest BCUT2D eigenvalue weighted by Crippen LogP contribution is -2.45. The standard InChI is InChI=1S/C20H23N3O4/c1-12-16(20(25)26)11-21-23(12)14-7-5-13(6-8-14)19(24)22-17-3-2-4-18-15(17)9-10-27-18/h5-8,11,15,17-18H,2-4,9-10H2,1H3,(H,22,24)(H,25,26). The highest BCUT2D eigenvalue weighted by Gasteiger charge is 2.38. The van der Waals surface area contributed by atoms with E-state index in [1.807, 2.05) is 0 Å². The summed E-state index contributed by atoms with van der Waals surface area (Å²) in [4.78, 5) is 23.8. The van der Waals surface area contributed by atoms with Gasteiger partial charge in [0.25, 0.3) is 5.91 Å². The molecule has 1 aromatic heterocycles. The van der Waals surface area contributed by atoms with Crippen LogP contribution in [-0.4, -0.2) is 45.5 Å². The van der Waals surface area contributed by atoms with Crippen LogP contribution in [0.25, 0.3) is 5.69 Å². The minimum Gasteiger partial charge on any atom is -0.478 e. The number of aromatic nitrogens is 2. The van der Waals surface area contributed by atoms with Crippen molar-refractivity contribution >= 4 is 11.9 Å². The number of carboxylic acids is 1. The van der Waals surface area contributed by atoms with Gasteiger partial charge in [0.05, 0.1) is 23.7 Å². The van der Waals surface area contributed by atoms with E-state index in [9.17, 15) is 9.59 Å². The first-order valence-corrected chi connectivity index (χ1v) is 9.35. The Kier molecular flexibility index (Phi) is 4.70. The topological polar surface area (TPSA) is 93.5 Å². The predicted molar refractivity (Wildman–Crippen MR) is 98.2 cm³/mol. The van der Waals surface area contributed by atoms with Crippen molar-refractivity contribution in [2.24, 2.45) is 5.92 Å². The number of carbonyl (C=O) groups is 2. The van der Waals surface area contributed by atoms with Gasteiger partial charge >= 0.3 is 5.97 Å². The summed E-state index contributed by atoms with van der Waals surface area (Å²) >= 11 is 0. The molecule has 2 heterocycles. The van der Waals surface area contributed by atoms with E-state index in [0.717, 1.165) is 38.0 Å². The van der Waals surface area contributed by atoms with Crippen molar-refractivity contribution in [3.63, 3.8) is 0 Å². The summed E-state index contributed by atoms with van der Waals surface area (Å²) < 4.78 is 7.33. The second-order valence-electron chi connectivity index (χ2n) is 7.28. The summed E-state index contributed by atoms with van der Waals surface area (Å²) in [7, 11) is 0. The highest BCUT2D eigenvalue weighted by Crippen LogP contribution is 2.34. The Morgan fingerprint density at radius 1 is 1.22 bits per heavy atom. The van der Waals surface area contributed by atoms with Crippen LogP contribution in [0.5, 0.6) is 0 Å². The Hall–Kier alpha value is -2.67. The molecule has 1 aliphatic heterocycles. The summed E-state index contributed by atoms with van der Waals surface area (Å²) in [6.07, 6.45) is 5.81. The summed E-state index contributed by atoms with van der Waals surface area (Å²) in [5.74, 6) is -0.665. The zero-order valence-electron chi connectivity index (χ0n) is 15.2. The van der Waals surface area contributed by atoms with Crippen molar-refractivity contribution in [1.82, 2.24) is 15.1 Å². The van der Waals surface area contributed by atoms with Crippen molar-refractivity contribution in [2.75, 3.05) is 6.61 Å². The fraction of sp³-hybridized carbons (Fsp3) is 0.450. The first-order valence-electron chi connectivity index (χ1n) is 9.35. The second-order valence-corrected chi connectivity index (χ2v) is 7.28. The van der Waals surface area contributed by atoms with Gasteiger partial charge in [0.15, 0.2) is 0 Å². The van der Waals surface area contributed by atoms with Crippen LogP contribution in [0.3, 0.4) is 0 Å². The quantitative estimate of drug-likeness (QED) is 0.864. The number of ether oxygens (including phenoxy) is 1. The van der Waals surface area contributed by atoms with Crippen LogP contribution in [0.15, 0.2) is 30.5 Å². The molecule has 2 N–H and O–H groups in total. The molecule has 142 valence electrons.